The Morgan fingerprint density at radius 1 is 1.24 bits per heavy atom. The minimum Gasteiger partial charge on any atom is -0.465 e. The molecule has 0 N–H and O–H groups in total. The first-order valence-corrected chi connectivity index (χ1v) is 6.13. The molecule has 92 valence electrons. The van der Waals surface area contributed by atoms with E-state index in [-0.39, 0.29) is 5.97 Å². The number of carbonyl (C=O) groups is 1. The van der Waals surface area contributed by atoms with Gasteiger partial charge in [0.1, 0.15) is 0 Å². The molecule has 0 amide bonds. The topological polar surface area (TPSA) is 26.3 Å². The molecular weight excluding hydrogens is 212 g/mol. The zero-order valence-electron chi connectivity index (χ0n) is 10.6. The predicted octanol–water partition coefficient (Wildman–Crippen LogP) is 3.82. The van der Waals surface area contributed by atoms with Gasteiger partial charge in [-0.25, -0.2) is 4.79 Å². The summed E-state index contributed by atoms with van der Waals surface area (Å²) in [6, 6.07) is 9.66. The van der Waals surface area contributed by atoms with E-state index in [0.717, 1.165) is 18.4 Å². The highest BCUT2D eigenvalue weighted by atomic mass is 16.5. The molecule has 2 nitrogen and oxygen atoms in total. The summed E-state index contributed by atoms with van der Waals surface area (Å²) >= 11 is 0. The van der Waals surface area contributed by atoms with Crippen molar-refractivity contribution in [1.82, 2.24) is 0 Å². The Morgan fingerprint density at radius 3 is 2.53 bits per heavy atom. The number of esters is 1. The first-order chi connectivity index (χ1) is 8.29. The zero-order valence-corrected chi connectivity index (χ0v) is 10.6. The molecule has 1 aromatic rings. The van der Waals surface area contributed by atoms with Crippen LogP contribution in [0.5, 0.6) is 0 Å². The third-order valence-electron chi connectivity index (χ3n) is 2.65. The van der Waals surface area contributed by atoms with Crippen LogP contribution in [0.3, 0.4) is 0 Å². The predicted molar refractivity (Wildman–Crippen MR) is 70.6 cm³/mol. The van der Waals surface area contributed by atoms with Gasteiger partial charge >= 0.3 is 5.97 Å². The standard InChI is InChI=1S/C15H20O2/c1-3-4-5-9-12-14(15(16)17-2)13-10-7-6-8-11-13/h6-8,10-12H,3-5,9H2,1-2H3/b14-12+. The quantitative estimate of drug-likeness (QED) is 0.423. The van der Waals surface area contributed by atoms with Gasteiger partial charge in [-0.15, -0.1) is 0 Å². The summed E-state index contributed by atoms with van der Waals surface area (Å²) < 4.78 is 4.82. The zero-order chi connectivity index (χ0) is 12.5. The number of hydrogen-bond donors (Lipinski definition) is 0. The molecule has 0 aliphatic heterocycles. The molecule has 0 saturated heterocycles. The second-order valence-corrected chi connectivity index (χ2v) is 3.97. The molecule has 0 unspecified atom stereocenters. The first-order valence-electron chi connectivity index (χ1n) is 6.13. The van der Waals surface area contributed by atoms with E-state index in [2.05, 4.69) is 6.92 Å². The van der Waals surface area contributed by atoms with Gasteiger partial charge in [0.2, 0.25) is 0 Å². The summed E-state index contributed by atoms with van der Waals surface area (Å²) in [5.41, 5.74) is 1.60. The van der Waals surface area contributed by atoms with Gasteiger partial charge in [0.05, 0.1) is 12.7 Å². The van der Waals surface area contributed by atoms with Crippen molar-refractivity contribution in [3.8, 4) is 0 Å². The number of rotatable bonds is 6. The lowest BCUT2D eigenvalue weighted by Crippen LogP contribution is -2.03. The second-order valence-electron chi connectivity index (χ2n) is 3.97. The number of carbonyl (C=O) groups excluding carboxylic acids is 1. The van der Waals surface area contributed by atoms with E-state index in [1.165, 1.54) is 20.0 Å². The SMILES string of the molecule is CCCCC/C=C(/C(=O)OC)c1ccccc1. The Labute approximate surface area is 103 Å². The Morgan fingerprint density at radius 2 is 1.94 bits per heavy atom. The fourth-order valence-electron chi connectivity index (χ4n) is 1.69. The highest BCUT2D eigenvalue weighted by Crippen LogP contribution is 2.17. The number of methoxy groups -OCH3 is 1. The maximum atomic E-state index is 11.7. The van der Waals surface area contributed by atoms with E-state index in [1.807, 2.05) is 36.4 Å². The summed E-state index contributed by atoms with van der Waals surface area (Å²) in [7, 11) is 1.42. The number of ether oxygens (including phenoxy) is 1. The van der Waals surface area contributed by atoms with E-state index in [0.29, 0.717) is 5.57 Å². The third kappa shape index (κ3) is 4.43. The Balaban J connectivity index is 2.78. The molecule has 0 aliphatic carbocycles. The molecule has 0 saturated carbocycles. The van der Waals surface area contributed by atoms with Crippen molar-refractivity contribution in [2.45, 2.75) is 32.6 Å². The molecule has 0 atom stereocenters. The normalized spacial score (nSPS) is 11.3. The fraction of sp³-hybridized carbons (Fsp3) is 0.400. The van der Waals surface area contributed by atoms with Gasteiger partial charge in [0.15, 0.2) is 0 Å². The fourth-order valence-corrected chi connectivity index (χ4v) is 1.69. The van der Waals surface area contributed by atoms with Crippen LogP contribution < -0.4 is 0 Å². The van der Waals surface area contributed by atoms with Gasteiger partial charge < -0.3 is 4.74 Å². The van der Waals surface area contributed by atoms with Gasteiger partial charge in [-0.1, -0.05) is 56.2 Å². The average Bonchev–Trinajstić information content (AvgIpc) is 2.39. The summed E-state index contributed by atoms with van der Waals surface area (Å²) in [4.78, 5) is 11.7. The van der Waals surface area contributed by atoms with Crippen molar-refractivity contribution in [1.29, 1.82) is 0 Å². The summed E-state index contributed by atoms with van der Waals surface area (Å²) in [6.45, 7) is 2.17. The lowest BCUT2D eigenvalue weighted by Gasteiger charge is -2.05. The highest BCUT2D eigenvalue weighted by molar-refractivity contribution is 6.16. The average molecular weight is 232 g/mol. The van der Waals surface area contributed by atoms with Crippen LogP contribution in [0.15, 0.2) is 36.4 Å². The number of benzene rings is 1. The Hall–Kier alpha value is -1.57. The van der Waals surface area contributed by atoms with E-state index >= 15 is 0 Å². The lowest BCUT2D eigenvalue weighted by atomic mass is 10.0. The molecule has 0 bridgehead atoms. The van der Waals surface area contributed by atoms with Crippen molar-refractivity contribution >= 4 is 11.5 Å². The molecule has 0 radical (unpaired) electrons. The molecule has 0 heterocycles. The number of hydrogen-bond acceptors (Lipinski definition) is 2. The largest absolute Gasteiger partial charge is 0.465 e. The molecule has 0 spiro atoms. The molecule has 0 aromatic heterocycles. The minimum absolute atomic E-state index is 0.257. The second kappa shape index (κ2) is 7.66. The van der Waals surface area contributed by atoms with Crippen molar-refractivity contribution < 1.29 is 9.53 Å². The van der Waals surface area contributed by atoms with E-state index < -0.39 is 0 Å². The van der Waals surface area contributed by atoms with Gasteiger partial charge in [0.25, 0.3) is 0 Å². The maximum Gasteiger partial charge on any atom is 0.338 e. The summed E-state index contributed by atoms with van der Waals surface area (Å²) in [5.74, 6) is -0.257. The number of allylic oxidation sites excluding steroid dienone is 1. The third-order valence-corrected chi connectivity index (χ3v) is 2.65. The Bertz CT molecular complexity index is 366. The minimum atomic E-state index is -0.257. The van der Waals surface area contributed by atoms with Crippen LogP contribution in [-0.4, -0.2) is 13.1 Å². The lowest BCUT2D eigenvalue weighted by molar-refractivity contribution is -0.133. The molecule has 1 aromatic carbocycles. The van der Waals surface area contributed by atoms with E-state index in [1.54, 1.807) is 0 Å². The summed E-state index contributed by atoms with van der Waals surface area (Å²) in [6.07, 6.45) is 6.40. The van der Waals surface area contributed by atoms with Crippen molar-refractivity contribution in [3.63, 3.8) is 0 Å². The molecule has 0 fully saturated rings. The Kier molecular flexibility index (Phi) is 6.08. The van der Waals surface area contributed by atoms with Crippen LogP contribution in [0.1, 0.15) is 38.2 Å². The molecule has 0 aliphatic rings. The van der Waals surface area contributed by atoms with Crippen LogP contribution in [-0.2, 0) is 9.53 Å². The van der Waals surface area contributed by atoms with Crippen LogP contribution in [0.25, 0.3) is 5.57 Å². The molecule has 17 heavy (non-hydrogen) atoms. The van der Waals surface area contributed by atoms with E-state index in [4.69, 9.17) is 4.74 Å². The van der Waals surface area contributed by atoms with Gasteiger partial charge in [0, 0.05) is 0 Å². The van der Waals surface area contributed by atoms with E-state index in [9.17, 15) is 4.79 Å². The maximum absolute atomic E-state index is 11.7. The molecule has 2 heteroatoms. The van der Waals surface area contributed by atoms with Crippen molar-refractivity contribution in [3.05, 3.63) is 42.0 Å². The molecular formula is C15H20O2. The van der Waals surface area contributed by atoms with Gasteiger partial charge in [-0.3, -0.25) is 0 Å². The summed E-state index contributed by atoms with van der Waals surface area (Å²) in [5, 5.41) is 0. The van der Waals surface area contributed by atoms with Gasteiger partial charge in [-0.2, -0.15) is 0 Å². The smallest absolute Gasteiger partial charge is 0.338 e. The monoisotopic (exact) mass is 232 g/mol. The van der Waals surface area contributed by atoms with Crippen LogP contribution in [0.4, 0.5) is 0 Å². The van der Waals surface area contributed by atoms with Crippen molar-refractivity contribution in [2.75, 3.05) is 7.11 Å². The first kappa shape index (κ1) is 13.5. The number of unbranched alkanes of at least 4 members (excludes halogenated alkanes) is 3. The highest BCUT2D eigenvalue weighted by Gasteiger charge is 2.10. The van der Waals surface area contributed by atoms with Gasteiger partial charge in [-0.05, 0) is 18.4 Å². The molecule has 1 rings (SSSR count). The van der Waals surface area contributed by atoms with Crippen LogP contribution in [0.2, 0.25) is 0 Å². The van der Waals surface area contributed by atoms with Crippen molar-refractivity contribution in [2.24, 2.45) is 0 Å². The van der Waals surface area contributed by atoms with Crippen LogP contribution >= 0.6 is 0 Å². The van der Waals surface area contributed by atoms with Crippen LogP contribution in [0, 0.1) is 0 Å².